The third-order valence-corrected chi connectivity index (χ3v) is 5.11. The van der Waals surface area contributed by atoms with E-state index < -0.39 is 0 Å². The number of pyridine rings is 2. The summed E-state index contributed by atoms with van der Waals surface area (Å²) < 4.78 is 20.2. The summed E-state index contributed by atoms with van der Waals surface area (Å²) in [6.07, 6.45) is 3.67. The van der Waals surface area contributed by atoms with Crippen LogP contribution in [0.15, 0.2) is 65.7 Å². The van der Waals surface area contributed by atoms with Crippen LogP contribution in [0.4, 0.5) is 4.39 Å². The zero-order valence-corrected chi connectivity index (χ0v) is 17.6. The summed E-state index contributed by atoms with van der Waals surface area (Å²) >= 11 is 0. The van der Waals surface area contributed by atoms with Crippen molar-refractivity contribution in [2.45, 2.75) is 40.0 Å². The molecule has 0 aliphatic rings. The van der Waals surface area contributed by atoms with E-state index in [4.69, 9.17) is 4.74 Å². The summed E-state index contributed by atoms with van der Waals surface area (Å²) in [6, 6.07) is 14.7. The van der Waals surface area contributed by atoms with Crippen molar-refractivity contribution >= 4 is 0 Å². The first-order valence-corrected chi connectivity index (χ1v) is 10.3. The van der Waals surface area contributed by atoms with Gasteiger partial charge in [0.1, 0.15) is 18.2 Å². The summed E-state index contributed by atoms with van der Waals surface area (Å²) in [5.74, 6) is 0.0861. The highest BCUT2D eigenvalue weighted by atomic mass is 19.1. The van der Waals surface area contributed by atoms with Crippen molar-refractivity contribution in [2.75, 3.05) is 13.1 Å². The van der Waals surface area contributed by atoms with Crippen molar-refractivity contribution in [1.29, 1.82) is 0 Å². The lowest BCUT2D eigenvalue weighted by Gasteiger charge is -2.18. The number of halogens is 1. The van der Waals surface area contributed by atoms with Gasteiger partial charge in [-0.1, -0.05) is 38.1 Å². The second-order valence-electron chi connectivity index (χ2n) is 7.18. The lowest BCUT2D eigenvalue weighted by Crippen LogP contribution is -2.22. The van der Waals surface area contributed by atoms with Crippen LogP contribution in [0.3, 0.4) is 0 Å². The monoisotopic (exact) mass is 409 g/mol. The van der Waals surface area contributed by atoms with Crippen molar-refractivity contribution in [1.82, 2.24) is 14.5 Å². The second kappa shape index (κ2) is 10.7. The highest BCUT2D eigenvalue weighted by Crippen LogP contribution is 2.11. The zero-order chi connectivity index (χ0) is 21.3. The number of aromatic nitrogens is 2. The molecule has 2 aromatic heterocycles. The molecule has 0 atom stereocenters. The average molecular weight is 410 g/mol. The summed E-state index contributed by atoms with van der Waals surface area (Å²) in [5, 5.41) is 0. The van der Waals surface area contributed by atoms with E-state index in [0.717, 1.165) is 32.3 Å². The van der Waals surface area contributed by atoms with Crippen LogP contribution in [0.25, 0.3) is 0 Å². The quantitative estimate of drug-likeness (QED) is 0.507. The average Bonchev–Trinajstić information content (AvgIpc) is 2.77. The van der Waals surface area contributed by atoms with Crippen LogP contribution in [-0.2, 0) is 26.1 Å². The molecule has 3 aromatic rings. The number of hydrogen-bond donors (Lipinski definition) is 0. The van der Waals surface area contributed by atoms with Crippen LogP contribution < -0.4 is 10.3 Å². The third kappa shape index (κ3) is 6.26. The van der Waals surface area contributed by atoms with Crippen molar-refractivity contribution in [3.63, 3.8) is 0 Å². The molecule has 0 aliphatic heterocycles. The molecule has 0 aliphatic carbocycles. The van der Waals surface area contributed by atoms with Crippen LogP contribution in [0.5, 0.6) is 5.75 Å². The zero-order valence-electron chi connectivity index (χ0n) is 17.6. The molecule has 0 saturated carbocycles. The molecule has 6 heteroatoms. The maximum atomic E-state index is 12.9. The minimum Gasteiger partial charge on any atom is -0.487 e. The first kappa shape index (κ1) is 21.7. The minimum absolute atomic E-state index is 0.113. The molecular weight excluding hydrogens is 381 g/mol. The van der Waals surface area contributed by atoms with E-state index in [2.05, 4.69) is 48.0 Å². The molecule has 0 N–H and O–H groups in total. The lowest BCUT2D eigenvalue weighted by molar-refractivity contribution is 0.296. The SMILES string of the molecule is CCN(CC)Cc1ccc(CCn2ccc(OCc3ccc(F)cn3)cc2=O)cc1. The van der Waals surface area contributed by atoms with Gasteiger partial charge in [0.2, 0.25) is 0 Å². The molecular formula is C24H28FN3O2. The molecule has 5 nitrogen and oxygen atoms in total. The Balaban J connectivity index is 1.53. The Morgan fingerprint density at radius 2 is 1.77 bits per heavy atom. The molecule has 3 rings (SSSR count). The van der Waals surface area contributed by atoms with Crippen LogP contribution >= 0.6 is 0 Å². The van der Waals surface area contributed by atoms with E-state index in [1.54, 1.807) is 22.9 Å². The van der Waals surface area contributed by atoms with Crippen molar-refractivity contribution < 1.29 is 9.13 Å². The fourth-order valence-electron chi connectivity index (χ4n) is 3.18. The van der Waals surface area contributed by atoms with Gasteiger partial charge in [-0.05, 0) is 48.8 Å². The van der Waals surface area contributed by atoms with E-state index in [0.29, 0.717) is 18.0 Å². The van der Waals surface area contributed by atoms with Gasteiger partial charge in [0.05, 0.1) is 11.9 Å². The predicted octanol–water partition coefficient (Wildman–Crippen LogP) is 4.05. The van der Waals surface area contributed by atoms with Crippen molar-refractivity contribution in [2.24, 2.45) is 0 Å². The Morgan fingerprint density at radius 1 is 1.03 bits per heavy atom. The molecule has 0 radical (unpaired) electrons. The van der Waals surface area contributed by atoms with Crippen LogP contribution in [-0.4, -0.2) is 27.5 Å². The molecule has 0 amide bonds. The van der Waals surface area contributed by atoms with Crippen LogP contribution in [0.1, 0.15) is 30.7 Å². The Morgan fingerprint density at radius 3 is 2.40 bits per heavy atom. The fourth-order valence-corrected chi connectivity index (χ4v) is 3.18. The molecule has 0 saturated heterocycles. The first-order chi connectivity index (χ1) is 14.6. The maximum Gasteiger partial charge on any atom is 0.254 e. The molecule has 1 aromatic carbocycles. The smallest absolute Gasteiger partial charge is 0.254 e. The first-order valence-electron chi connectivity index (χ1n) is 10.3. The fraction of sp³-hybridized carbons (Fsp3) is 0.333. The van der Waals surface area contributed by atoms with Gasteiger partial charge in [0.15, 0.2) is 0 Å². The van der Waals surface area contributed by atoms with Crippen LogP contribution in [0.2, 0.25) is 0 Å². The molecule has 0 spiro atoms. The van der Waals surface area contributed by atoms with Crippen molar-refractivity contribution in [3.05, 3.63) is 93.9 Å². The minimum atomic E-state index is -0.389. The normalized spacial score (nSPS) is 11.1. The number of ether oxygens (including phenoxy) is 1. The van der Waals surface area contributed by atoms with Gasteiger partial charge in [0.25, 0.3) is 5.56 Å². The molecule has 158 valence electrons. The summed E-state index contributed by atoms with van der Waals surface area (Å²) in [4.78, 5) is 18.7. The Kier molecular flexibility index (Phi) is 7.74. The van der Waals surface area contributed by atoms with Gasteiger partial charge >= 0.3 is 0 Å². The number of aryl methyl sites for hydroxylation is 2. The van der Waals surface area contributed by atoms with E-state index >= 15 is 0 Å². The molecule has 0 bridgehead atoms. The number of rotatable bonds is 10. The topological polar surface area (TPSA) is 47.4 Å². The maximum absolute atomic E-state index is 12.9. The van der Waals surface area contributed by atoms with Gasteiger partial charge in [0, 0.05) is 25.4 Å². The third-order valence-electron chi connectivity index (χ3n) is 5.11. The summed E-state index contributed by atoms with van der Waals surface area (Å²) in [5.41, 5.74) is 2.99. The standard InChI is InChI=1S/C24H28FN3O2/c1-3-27(4-2)17-20-7-5-19(6-8-20)11-13-28-14-12-23(15-24(28)29)30-18-22-10-9-21(25)16-26-22/h5-10,12,14-16H,3-4,11,13,17-18H2,1-2H3. The van der Waals surface area contributed by atoms with E-state index in [-0.39, 0.29) is 18.0 Å². The summed E-state index contributed by atoms with van der Waals surface area (Å²) in [7, 11) is 0. The molecule has 0 fully saturated rings. The Bertz CT molecular complexity index is 981. The predicted molar refractivity (Wildman–Crippen MR) is 116 cm³/mol. The van der Waals surface area contributed by atoms with Gasteiger partial charge in [-0.15, -0.1) is 0 Å². The Labute approximate surface area is 176 Å². The van der Waals surface area contributed by atoms with Gasteiger partial charge in [-0.3, -0.25) is 14.7 Å². The van der Waals surface area contributed by atoms with Crippen molar-refractivity contribution in [3.8, 4) is 5.75 Å². The molecule has 0 unspecified atom stereocenters. The summed E-state index contributed by atoms with van der Waals surface area (Å²) in [6.45, 7) is 8.18. The second-order valence-corrected chi connectivity index (χ2v) is 7.18. The van der Waals surface area contributed by atoms with Gasteiger partial charge < -0.3 is 9.30 Å². The highest BCUT2D eigenvalue weighted by Gasteiger charge is 2.04. The number of benzene rings is 1. The number of hydrogen-bond acceptors (Lipinski definition) is 4. The lowest BCUT2D eigenvalue weighted by atomic mass is 10.1. The number of nitrogens with zero attached hydrogens (tertiary/aromatic N) is 3. The largest absolute Gasteiger partial charge is 0.487 e. The van der Waals surface area contributed by atoms with E-state index in [1.165, 1.54) is 23.3 Å². The molecule has 2 heterocycles. The molecule has 30 heavy (non-hydrogen) atoms. The van der Waals surface area contributed by atoms with Gasteiger partial charge in [-0.2, -0.15) is 0 Å². The van der Waals surface area contributed by atoms with E-state index in [1.807, 2.05) is 0 Å². The van der Waals surface area contributed by atoms with E-state index in [9.17, 15) is 9.18 Å². The van der Waals surface area contributed by atoms with Crippen LogP contribution in [0, 0.1) is 5.82 Å². The van der Waals surface area contributed by atoms with Gasteiger partial charge in [-0.25, -0.2) is 4.39 Å². The highest BCUT2D eigenvalue weighted by molar-refractivity contribution is 5.23. The Hall–Kier alpha value is -2.99.